The first kappa shape index (κ1) is 13.2. The molecule has 4 heteroatoms. The van der Waals surface area contributed by atoms with Gasteiger partial charge in [0.25, 0.3) is 5.91 Å². The van der Waals surface area contributed by atoms with E-state index in [0.717, 1.165) is 22.4 Å². The first-order valence-electron chi connectivity index (χ1n) is 6.11. The van der Waals surface area contributed by atoms with E-state index in [1.54, 1.807) is 20.3 Å². The summed E-state index contributed by atoms with van der Waals surface area (Å²) in [5, 5.41) is 0. The van der Waals surface area contributed by atoms with Gasteiger partial charge in [0.05, 0.1) is 18.1 Å². The van der Waals surface area contributed by atoms with Gasteiger partial charge in [-0.15, -0.1) is 0 Å². The molecule has 0 aliphatic heterocycles. The van der Waals surface area contributed by atoms with Gasteiger partial charge >= 0.3 is 0 Å². The van der Waals surface area contributed by atoms with Gasteiger partial charge in [0, 0.05) is 19.7 Å². The zero-order valence-electron chi connectivity index (χ0n) is 11.6. The van der Waals surface area contributed by atoms with Crippen LogP contribution in [-0.4, -0.2) is 34.9 Å². The molecule has 1 heterocycles. The van der Waals surface area contributed by atoms with Crippen LogP contribution < -0.4 is 0 Å². The lowest BCUT2D eigenvalue weighted by molar-refractivity contribution is 0.0821. The molecular formula is C15H17N3O. The Hall–Kier alpha value is -2.23. The zero-order valence-corrected chi connectivity index (χ0v) is 11.6. The number of hydrogen-bond donors (Lipinski definition) is 0. The monoisotopic (exact) mass is 255 g/mol. The molecule has 1 aromatic heterocycles. The molecule has 1 amide bonds. The van der Waals surface area contributed by atoms with Crippen LogP contribution in [-0.2, 0) is 0 Å². The third-order valence-corrected chi connectivity index (χ3v) is 3.00. The molecule has 0 aliphatic carbocycles. The van der Waals surface area contributed by atoms with Crippen molar-refractivity contribution in [1.82, 2.24) is 14.9 Å². The molecule has 19 heavy (non-hydrogen) atoms. The lowest BCUT2D eigenvalue weighted by atomic mass is 10.0. The van der Waals surface area contributed by atoms with Crippen molar-refractivity contribution < 1.29 is 4.79 Å². The average Bonchev–Trinajstić information content (AvgIpc) is 2.38. The second kappa shape index (κ2) is 5.18. The van der Waals surface area contributed by atoms with Crippen molar-refractivity contribution in [1.29, 1.82) is 0 Å². The Morgan fingerprint density at radius 3 is 2.32 bits per heavy atom. The lowest BCUT2D eigenvalue weighted by Gasteiger charge is -2.12. The second-order valence-corrected chi connectivity index (χ2v) is 4.76. The van der Waals surface area contributed by atoms with Crippen molar-refractivity contribution in [3.8, 4) is 11.3 Å². The van der Waals surface area contributed by atoms with E-state index in [-0.39, 0.29) is 5.91 Å². The normalized spacial score (nSPS) is 10.3. The highest BCUT2D eigenvalue weighted by molar-refractivity contribution is 5.92. The molecule has 4 nitrogen and oxygen atoms in total. The molecule has 0 saturated heterocycles. The molecule has 0 unspecified atom stereocenters. The minimum atomic E-state index is -0.138. The van der Waals surface area contributed by atoms with Gasteiger partial charge in [0.15, 0.2) is 0 Å². The second-order valence-electron chi connectivity index (χ2n) is 4.76. The molecule has 0 fully saturated rings. The summed E-state index contributed by atoms with van der Waals surface area (Å²) < 4.78 is 0. The quantitative estimate of drug-likeness (QED) is 0.828. The first-order chi connectivity index (χ1) is 9.00. The Labute approximate surface area is 113 Å². The molecule has 2 aromatic rings. The van der Waals surface area contributed by atoms with E-state index in [2.05, 4.69) is 9.97 Å². The predicted octanol–water partition coefficient (Wildman–Crippen LogP) is 2.46. The topological polar surface area (TPSA) is 46.1 Å². The van der Waals surface area contributed by atoms with Crippen LogP contribution in [0.25, 0.3) is 11.3 Å². The number of nitrogens with zero attached hydrogens (tertiary/aromatic N) is 3. The SMILES string of the molecule is Cc1cccc(C)c1-c1cncc(C(=O)N(C)C)n1. The van der Waals surface area contributed by atoms with Crippen molar-refractivity contribution in [2.24, 2.45) is 0 Å². The summed E-state index contributed by atoms with van der Waals surface area (Å²) >= 11 is 0. The number of carbonyl (C=O) groups excluding carboxylic acids is 1. The van der Waals surface area contributed by atoms with Crippen molar-refractivity contribution in [3.05, 3.63) is 47.4 Å². The molecule has 0 atom stereocenters. The van der Waals surface area contributed by atoms with Crippen LogP contribution in [0, 0.1) is 13.8 Å². The number of rotatable bonds is 2. The van der Waals surface area contributed by atoms with Crippen LogP contribution in [0.4, 0.5) is 0 Å². The van der Waals surface area contributed by atoms with Gasteiger partial charge < -0.3 is 4.90 Å². The Kier molecular flexibility index (Phi) is 3.60. The summed E-state index contributed by atoms with van der Waals surface area (Å²) in [4.78, 5) is 22.0. The molecule has 2 rings (SSSR count). The van der Waals surface area contributed by atoms with E-state index in [1.807, 2.05) is 32.0 Å². The largest absolute Gasteiger partial charge is 0.343 e. The van der Waals surface area contributed by atoms with E-state index in [4.69, 9.17) is 0 Å². The summed E-state index contributed by atoms with van der Waals surface area (Å²) in [6.45, 7) is 4.06. The van der Waals surface area contributed by atoms with Crippen LogP contribution in [0.5, 0.6) is 0 Å². The summed E-state index contributed by atoms with van der Waals surface area (Å²) in [6.07, 6.45) is 3.20. The smallest absolute Gasteiger partial charge is 0.273 e. The summed E-state index contributed by atoms with van der Waals surface area (Å²) in [6, 6.07) is 6.07. The third-order valence-electron chi connectivity index (χ3n) is 3.00. The number of amides is 1. The van der Waals surface area contributed by atoms with Gasteiger partial charge in [0.2, 0.25) is 0 Å². The molecule has 0 radical (unpaired) electrons. The number of carbonyl (C=O) groups is 1. The molecular weight excluding hydrogens is 238 g/mol. The van der Waals surface area contributed by atoms with Crippen molar-refractivity contribution in [2.75, 3.05) is 14.1 Å². The first-order valence-corrected chi connectivity index (χ1v) is 6.11. The van der Waals surface area contributed by atoms with Crippen molar-refractivity contribution >= 4 is 5.91 Å². The van der Waals surface area contributed by atoms with Crippen molar-refractivity contribution in [2.45, 2.75) is 13.8 Å². The molecule has 0 aliphatic rings. The molecule has 0 N–H and O–H groups in total. The maximum atomic E-state index is 11.9. The molecule has 0 bridgehead atoms. The van der Waals surface area contributed by atoms with Gasteiger partial charge in [-0.2, -0.15) is 0 Å². The van der Waals surface area contributed by atoms with E-state index in [9.17, 15) is 4.79 Å². The predicted molar refractivity (Wildman–Crippen MR) is 75.0 cm³/mol. The molecule has 98 valence electrons. The van der Waals surface area contributed by atoms with Crippen LogP contribution >= 0.6 is 0 Å². The fourth-order valence-electron chi connectivity index (χ4n) is 2.04. The highest BCUT2D eigenvalue weighted by Gasteiger charge is 2.13. The number of aryl methyl sites for hydroxylation is 2. The van der Waals surface area contributed by atoms with Gasteiger partial charge in [-0.3, -0.25) is 9.78 Å². The maximum Gasteiger partial charge on any atom is 0.273 e. The highest BCUT2D eigenvalue weighted by atomic mass is 16.2. The molecule has 0 saturated carbocycles. The number of hydrogen-bond acceptors (Lipinski definition) is 3. The van der Waals surface area contributed by atoms with E-state index >= 15 is 0 Å². The van der Waals surface area contributed by atoms with Crippen LogP contribution in [0.3, 0.4) is 0 Å². The zero-order chi connectivity index (χ0) is 14.0. The summed E-state index contributed by atoms with van der Waals surface area (Å²) in [5.41, 5.74) is 4.41. The van der Waals surface area contributed by atoms with Gasteiger partial charge in [-0.05, 0) is 25.0 Å². The Bertz CT molecular complexity index is 600. The van der Waals surface area contributed by atoms with Crippen LogP contribution in [0.15, 0.2) is 30.6 Å². The van der Waals surface area contributed by atoms with Crippen molar-refractivity contribution in [3.63, 3.8) is 0 Å². The number of benzene rings is 1. The van der Waals surface area contributed by atoms with E-state index in [1.165, 1.54) is 11.1 Å². The Morgan fingerprint density at radius 2 is 1.74 bits per heavy atom. The van der Waals surface area contributed by atoms with Crippen LogP contribution in [0.1, 0.15) is 21.6 Å². The maximum absolute atomic E-state index is 11.9. The Balaban J connectivity index is 2.53. The minimum absolute atomic E-state index is 0.138. The summed E-state index contributed by atoms with van der Waals surface area (Å²) in [5.74, 6) is -0.138. The van der Waals surface area contributed by atoms with E-state index in [0.29, 0.717) is 5.69 Å². The fourth-order valence-corrected chi connectivity index (χ4v) is 2.04. The minimum Gasteiger partial charge on any atom is -0.343 e. The fraction of sp³-hybridized carbons (Fsp3) is 0.267. The lowest BCUT2D eigenvalue weighted by Crippen LogP contribution is -2.23. The molecule has 0 spiro atoms. The summed E-state index contributed by atoms with van der Waals surface area (Å²) in [7, 11) is 3.41. The third kappa shape index (κ3) is 2.62. The van der Waals surface area contributed by atoms with Gasteiger partial charge in [-0.1, -0.05) is 18.2 Å². The van der Waals surface area contributed by atoms with E-state index < -0.39 is 0 Å². The van der Waals surface area contributed by atoms with Crippen LogP contribution in [0.2, 0.25) is 0 Å². The average molecular weight is 255 g/mol. The molecule has 1 aromatic carbocycles. The number of aromatic nitrogens is 2. The standard InChI is InChI=1S/C15H17N3O/c1-10-6-5-7-11(2)14(10)12-8-16-9-13(17-12)15(19)18(3)4/h5-9H,1-4H3. The van der Waals surface area contributed by atoms with Gasteiger partial charge in [-0.25, -0.2) is 4.98 Å². The Morgan fingerprint density at radius 1 is 1.11 bits per heavy atom. The highest BCUT2D eigenvalue weighted by Crippen LogP contribution is 2.24. The van der Waals surface area contributed by atoms with Gasteiger partial charge in [0.1, 0.15) is 5.69 Å².